The molecule has 0 radical (unpaired) electrons. The number of nitrogens with one attached hydrogen (secondary N) is 1. The number of hydrogen-bond donors (Lipinski definition) is 1. The summed E-state index contributed by atoms with van der Waals surface area (Å²) in [4.78, 5) is 42.9. The van der Waals surface area contributed by atoms with Crippen molar-refractivity contribution < 1.29 is 33.3 Å². The zero-order valence-electron chi connectivity index (χ0n) is 26.6. The van der Waals surface area contributed by atoms with E-state index in [4.69, 9.17) is 18.9 Å². The first-order valence-corrected chi connectivity index (χ1v) is 15.7. The number of ether oxygens (including phenoxy) is 4. The van der Waals surface area contributed by atoms with Gasteiger partial charge in [-0.1, -0.05) is 78.9 Å². The van der Waals surface area contributed by atoms with Gasteiger partial charge >= 0.3 is 5.97 Å². The molecule has 3 aromatic rings. The highest BCUT2D eigenvalue weighted by Gasteiger charge is 2.59. The van der Waals surface area contributed by atoms with Gasteiger partial charge in [0.15, 0.2) is 0 Å². The number of para-hydroxylation sites is 1. The number of rotatable bonds is 13. The molecular formula is C37H42N2O7. The van der Waals surface area contributed by atoms with Crippen LogP contribution in [-0.2, 0) is 48.2 Å². The smallest absolute Gasteiger partial charge is 0.320 e. The molecule has 9 nitrogen and oxygen atoms in total. The number of methoxy groups -OCH3 is 2. The number of carbonyl (C=O) groups is 3. The summed E-state index contributed by atoms with van der Waals surface area (Å²) in [5, 5.41) is 2.95. The molecule has 2 amide bonds. The van der Waals surface area contributed by atoms with Crippen molar-refractivity contribution in [3.63, 3.8) is 0 Å². The monoisotopic (exact) mass is 626 g/mol. The lowest BCUT2D eigenvalue weighted by atomic mass is 9.66. The molecule has 0 aliphatic carbocycles. The maximum Gasteiger partial charge on any atom is 0.320 e. The molecule has 0 unspecified atom stereocenters. The molecule has 0 saturated carbocycles. The van der Waals surface area contributed by atoms with E-state index in [-0.39, 0.29) is 37.8 Å². The Morgan fingerprint density at radius 1 is 0.957 bits per heavy atom. The molecule has 0 spiro atoms. The lowest BCUT2D eigenvalue weighted by Gasteiger charge is -2.51. The van der Waals surface area contributed by atoms with Gasteiger partial charge in [-0.3, -0.25) is 14.4 Å². The Morgan fingerprint density at radius 2 is 1.63 bits per heavy atom. The Bertz CT molecular complexity index is 1530. The average molecular weight is 627 g/mol. The molecule has 46 heavy (non-hydrogen) atoms. The van der Waals surface area contributed by atoms with Gasteiger partial charge in [-0.2, -0.15) is 0 Å². The number of fused-ring (bicyclic) bond motifs is 1. The first kappa shape index (κ1) is 32.9. The van der Waals surface area contributed by atoms with Crippen LogP contribution in [-0.4, -0.2) is 62.3 Å². The molecule has 2 heterocycles. The predicted octanol–water partition coefficient (Wildman–Crippen LogP) is 4.84. The van der Waals surface area contributed by atoms with E-state index in [0.29, 0.717) is 25.3 Å². The van der Waals surface area contributed by atoms with E-state index in [0.717, 1.165) is 22.4 Å². The average Bonchev–Trinajstić information content (AvgIpc) is 3.08. The van der Waals surface area contributed by atoms with Crippen molar-refractivity contribution in [2.75, 3.05) is 27.4 Å². The highest BCUT2D eigenvalue weighted by molar-refractivity contribution is 5.92. The second-order valence-electron chi connectivity index (χ2n) is 11.8. The molecule has 1 saturated heterocycles. The fraction of sp³-hybridized carbons (Fsp3) is 0.378. The van der Waals surface area contributed by atoms with Gasteiger partial charge < -0.3 is 29.2 Å². The molecule has 2 aliphatic heterocycles. The lowest BCUT2D eigenvalue weighted by Crippen LogP contribution is -2.60. The third-order valence-electron chi connectivity index (χ3n) is 8.82. The van der Waals surface area contributed by atoms with E-state index in [1.807, 2.05) is 97.9 Å². The van der Waals surface area contributed by atoms with Gasteiger partial charge in [0.25, 0.3) is 0 Å². The Morgan fingerprint density at radius 3 is 2.33 bits per heavy atom. The summed E-state index contributed by atoms with van der Waals surface area (Å²) in [5.41, 5.74) is 2.16. The van der Waals surface area contributed by atoms with E-state index in [1.165, 1.54) is 7.11 Å². The van der Waals surface area contributed by atoms with Crippen LogP contribution in [0.4, 0.5) is 0 Å². The second-order valence-corrected chi connectivity index (χ2v) is 11.8. The zero-order chi connectivity index (χ0) is 32.5. The summed E-state index contributed by atoms with van der Waals surface area (Å²) >= 11 is 0. The Kier molecular flexibility index (Phi) is 10.9. The highest BCUT2D eigenvalue weighted by Crippen LogP contribution is 2.50. The number of carbonyl (C=O) groups excluding carboxylic acids is 3. The van der Waals surface area contributed by atoms with Gasteiger partial charge in [-0.15, -0.1) is 0 Å². The quantitative estimate of drug-likeness (QED) is 0.271. The molecule has 0 aromatic heterocycles. The van der Waals surface area contributed by atoms with Crippen molar-refractivity contribution in [2.45, 2.75) is 51.5 Å². The van der Waals surface area contributed by atoms with E-state index in [2.05, 4.69) is 5.32 Å². The van der Waals surface area contributed by atoms with Crippen molar-refractivity contribution in [3.8, 4) is 5.75 Å². The van der Waals surface area contributed by atoms with Gasteiger partial charge in [-0.25, -0.2) is 0 Å². The Balaban J connectivity index is 1.38. The van der Waals surface area contributed by atoms with Crippen LogP contribution in [0.1, 0.15) is 36.5 Å². The summed E-state index contributed by atoms with van der Waals surface area (Å²) < 4.78 is 23.2. The molecule has 3 aromatic carbocycles. The standard InChI is InChI=1S/C37H42N2O7/c1-26-37(36(42)44-3)22-30(20-34(40)38-19-18-29-16-10-11-17-32(29)43-2)35(41)39(23-27-12-6-4-7-13-27)33(37)21-31(46-26)25-45-24-28-14-8-5-9-15-28/h4-17,21,26,30-31H,18-20,22-25H2,1-3H3,(H,38,40)/t26-,30+,31-,37+/m1/s1. The maximum atomic E-state index is 14.2. The Labute approximate surface area is 270 Å². The minimum absolute atomic E-state index is 0.0710. The Hall–Kier alpha value is -4.47. The zero-order valence-corrected chi connectivity index (χ0v) is 26.6. The van der Waals surface area contributed by atoms with Crippen LogP contribution in [0.25, 0.3) is 0 Å². The molecule has 0 bridgehead atoms. The van der Waals surface area contributed by atoms with Gasteiger partial charge in [0.05, 0.1) is 40.1 Å². The van der Waals surface area contributed by atoms with Crippen LogP contribution >= 0.6 is 0 Å². The summed E-state index contributed by atoms with van der Waals surface area (Å²) in [6, 6.07) is 27.1. The summed E-state index contributed by atoms with van der Waals surface area (Å²) in [5.74, 6) is -0.986. The third kappa shape index (κ3) is 7.32. The summed E-state index contributed by atoms with van der Waals surface area (Å²) in [6.07, 6.45) is 1.28. The molecular weight excluding hydrogens is 584 g/mol. The fourth-order valence-electron chi connectivity index (χ4n) is 6.49. The lowest BCUT2D eigenvalue weighted by molar-refractivity contribution is -0.178. The largest absolute Gasteiger partial charge is 0.496 e. The van der Waals surface area contributed by atoms with Crippen molar-refractivity contribution in [1.82, 2.24) is 10.2 Å². The first-order valence-electron chi connectivity index (χ1n) is 15.7. The van der Waals surface area contributed by atoms with E-state index < -0.39 is 29.5 Å². The highest BCUT2D eigenvalue weighted by atomic mass is 16.6. The van der Waals surface area contributed by atoms with Crippen molar-refractivity contribution in [2.24, 2.45) is 11.3 Å². The maximum absolute atomic E-state index is 14.2. The van der Waals surface area contributed by atoms with Crippen molar-refractivity contribution in [3.05, 3.63) is 113 Å². The number of amides is 2. The van der Waals surface area contributed by atoms with Gasteiger partial charge in [0.2, 0.25) is 11.8 Å². The van der Waals surface area contributed by atoms with Crippen LogP contribution in [0.15, 0.2) is 96.7 Å². The SMILES string of the molecule is COC(=O)[C@]12C[C@H](CC(=O)NCCc3ccccc3OC)C(=O)N(Cc3ccccc3)C1=C[C@H](COCc1ccccc1)O[C@@H]2C. The number of benzene rings is 3. The van der Waals surface area contributed by atoms with Crippen LogP contribution in [0, 0.1) is 11.3 Å². The van der Waals surface area contributed by atoms with Gasteiger partial charge in [0, 0.05) is 24.6 Å². The van der Waals surface area contributed by atoms with Crippen LogP contribution in [0.2, 0.25) is 0 Å². The second kappa shape index (κ2) is 15.2. The van der Waals surface area contributed by atoms with Crippen LogP contribution < -0.4 is 10.1 Å². The summed E-state index contributed by atoms with van der Waals surface area (Å²) in [6.45, 7) is 3.09. The number of esters is 1. The predicted molar refractivity (Wildman–Crippen MR) is 172 cm³/mol. The fourth-order valence-corrected chi connectivity index (χ4v) is 6.49. The number of likely N-dealkylation sites (tertiary alicyclic amines) is 1. The molecule has 1 N–H and O–H groups in total. The first-order chi connectivity index (χ1) is 22.3. The number of piperidine rings is 1. The minimum atomic E-state index is -1.28. The van der Waals surface area contributed by atoms with E-state index in [1.54, 1.807) is 12.0 Å². The van der Waals surface area contributed by atoms with E-state index in [9.17, 15) is 14.4 Å². The summed E-state index contributed by atoms with van der Waals surface area (Å²) in [7, 11) is 2.96. The number of hydrogen-bond acceptors (Lipinski definition) is 7. The molecule has 242 valence electrons. The molecule has 9 heteroatoms. The van der Waals surface area contributed by atoms with Crippen LogP contribution in [0.3, 0.4) is 0 Å². The van der Waals surface area contributed by atoms with Gasteiger partial charge in [-0.05, 0) is 48.6 Å². The van der Waals surface area contributed by atoms with E-state index >= 15 is 0 Å². The van der Waals surface area contributed by atoms with Crippen molar-refractivity contribution >= 4 is 17.8 Å². The minimum Gasteiger partial charge on any atom is -0.496 e. The molecule has 4 atom stereocenters. The number of nitrogens with zero attached hydrogens (tertiary/aromatic N) is 1. The van der Waals surface area contributed by atoms with Crippen LogP contribution in [0.5, 0.6) is 5.75 Å². The normalized spacial score (nSPS) is 22.4. The topological polar surface area (TPSA) is 103 Å². The molecule has 5 rings (SSSR count). The van der Waals surface area contributed by atoms with Gasteiger partial charge in [0.1, 0.15) is 17.3 Å². The van der Waals surface area contributed by atoms with Crippen molar-refractivity contribution in [1.29, 1.82) is 0 Å². The third-order valence-corrected chi connectivity index (χ3v) is 8.82. The molecule has 2 aliphatic rings. The molecule has 1 fully saturated rings.